The van der Waals surface area contributed by atoms with Gasteiger partial charge in [0.05, 0.1) is 18.8 Å². The van der Waals surface area contributed by atoms with Gasteiger partial charge in [-0.1, -0.05) is 114 Å². The van der Waals surface area contributed by atoms with E-state index in [1.165, 1.54) is 23.1 Å². The molecule has 0 radical (unpaired) electrons. The van der Waals surface area contributed by atoms with Crippen LogP contribution < -0.4 is 5.73 Å². The van der Waals surface area contributed by atoms with E-state index in [0.717, 1.165) is 74.9 Å². The van der Waals surface area contributed by atoms with E-state index in [4.69, 9.17) is 5.73 Å². The lowest BCUT2D eigenvalue weighted by atomic mass is 9.63. The maximum atomic E-state index is 12.3. The summed E-state index contributed by atoms with van der Waals surface area (Å²) in [5.41, 5.74) is 11.0. The number of nitrogens with two attached hydrogens (primary N) is 1. The molecule has 0 saturated heterocycles. The number of aliphatic hydroxyl groups excluding tert-OH is 3. The molecule has 2 aromatic carbocycles. The Morgan fingerprint density at radius 3 is 2.43 bits per heavy atom. The summed E-state index contributed by atoms with van der Waals surface area (Å²) in [4.78, 5) is 12.3. The fourth-order valence-electron chi connectivity index (χ4n) is 8.81. The number of carboxylic acids is 1. The van der Waals surface area contributed by atoms with Gasteiger partial charge in [0.15, 0.2) is 0 Å². The van der Waals surface area contributed by atoms with Crippen LogP contribution in [0.5, 0.6) is 0 Å². The first-order valence-corrected chi connectivity index (χ1v) is 21.0. The minimum Gasteiger partial charge on any atom is -0.481 e. The molecule has 2 aliphatic carbocycles. The second-order valence-electron chi connectivity index (χ2n) is 14.7. The average molecular weight is 708 g/mol. The van der Waals surface area contributed by atoms with Crippen molar-refractivity contribution in [3.05, 3.63) is 95.1 Å². The van der Waals surface area contributed by atoms with E-state index in [0.29, 0.717) is 12.5 Å². The zero-order chi connectivity index (χ0) is 34.6. The van der Waals surface area contributed by atoms with Crippen molar-refractivity contribution in [2.75, 3.05) is 12.3 Å². The number of allylic oxidation sites excluding steroid dienone is 3. The highest BCUT2D eigenvalue weighted by atomic mass is 33.1. The minimum absolute atomic E-state index is 0.00239. The SMILES string of the molecule is NCC[C@@H]1[C@@H](CC(=O)O)[C@H]2C=C[C@H]1C[C@@H](C/C=C\[C@H](O)[C@H](O)C1CCCCC1)[C@@H](Cc1cccc(CO)c1)CSSCc1ccccc1C2. The van der Waals surface area contributed by atoms with Crippen molar-refractivity contribution < 1.29 is 25.2 Å². The Morgan fingerprint density at radius 1 is 0.918 bits per heavy atom. The summed E-state index contributed by atoms with van der Waals surface area (Å²) in [7, 11) is 3.82. The third kappa shape index (κ3) is 11.0. The molecule has 6 nitrogen and oxygen atoms in total. The molecular weight excluding hydrogens is 651 g/mol. The molecular formula is C41H57NO5S2. The number of fused-ring (bicyclic) bond motifs is 7. The summed E-state index contributed by atoms with van der Waals surface area (Å²) < 4.78 is 0. The third-order valence-electron chi connectivity index (χ3n) is 11.5. The van der Waals surface area contributed by atoms with Gasteiger partial charge < -0.3 is 26.2 Å². The van der Waals surface area contributed by atoms with Gasteiger partial charge in [-0.2, -0.15) is 0 Å². The summed E-state index contributed by atoms with van der Waals surface area (Å²) in [6, 6.07) is 16.9. The fraction of sp³-hybridized carbons (Fsp3) is 0.585. The molecule has 49 heavy (non-hydrogen) atoms. The maximum absolute atomic E-state index is 12.3. The van der Waals surface area contributed by atoms with Crippen LogP contribution in [0.25, 0.3) is 0 Å². The van der Waals surface area contributed by atoms with Crippen LogP contribution in [0, 0.1) is 41.4 Å². The molecule has 0 amide bonds. The van der Waals surface area contributed by atoms with Crippen molar-refractivity contribution in [2.24, 2.45) is 47.2 Å². The van der Waals surface area contributed by atoms with E-state index < -0.39 is 18.2 Å². The molecule has 0 aromatic heterocycles. The van der Waals surface area contributed by atoms with Crippen molar-refractivity contribution >= 4 is 27.6 Å². The van der Waals surface area contributed by atoms with Crippen LogP contribution in [0.4, 0.5) is 0 Å². The summed E-state index contributed by atoms with van der Waals surface area (Å²) >= 11 is 0. The predicted molar refractivity (Wildman–Crippen MR) is 203 cm³/mol. The molecule has 1 fully saturated rings. The second kappa shape index (κ2) is 19.5. The van der Waals surface area contributed by atoms with E-state index in [1.807, 2.05) is 39.8 Å². The Balaban J connectivity index is 1.48. The Labute approximate surface area is 301 Å². The molecule has 2 bridgehead atoms. The van der Waals surface area contributed by atoms with E-state index in [2.05, 4.69) is 54.6 Å². The van der Waals surface area contributed by atoms with Crippen LogP contribution in [0.3, 0.4) is 0 Å². The Bertz CT molecular complexity index is 1380. The van der Waals surface area contributed by atoms with Crippen molar-refractivity contribution in [3.63, 3.8) is 0 Å². The van der Waals surface area contributed by atoms with Crippen LogP contribution in [0.1, 0.15) is 80.0 Å². The van der Waals surface area contributed by atoms with Crippen molar-refractivity contribution in [3.8, 4) is 0 Å². The standard InChI is InChI=1S/C41H57NO5S2/c42-19-18-37-33-16-17-34(38(37)24-40(45)46)22-31-12-4-5-13-35(31)26-48-49-27-36(21-28-8-6-9-29(20-28)25-43)32(23-33)14-7-15-39(44)41(47)30-10-2-1-3-11-30/h4-9,12-13,15-17,20,30,32-34,36-39,41,43-44,47H,1-3,10-11,14,18-19,21-27,42H2,(H,45,46)/b15-7-/t32-,33+,34+,36+,37+,38+,39+,41-/m1/s1. The summed E-state index contributed by atoms with van der Waals surface area (Å²) in [6.07, 6.45) is 16.6. The Hall–Kier alpha value is -2.07. The van der Waals surface area contributed by atoms with Gasteiger partial charge in [0, 0.05) is 17.9 Å². The molecule has 2 heterocycles. The molecule has 4 aliphatic rings. The molecule has 6 rings (SSSR count). The normalized spacial score (nSPS) is 28.2. The summed E-state index contributed by atoms with van der Waals surface area (Å²) in [5, 5.41) is 42.0. The quantitative estimate of drug-likeness (QED) is 0.113. The molecule has 268 valence electrons. The number of benzene rings is 2. The van der Waals surface area contributed by atoms with Gasteiger partial charge >= 0.3 is 5.97 Å². The predicted octanol–water partition coefficient (Wildman–Crippen LogP) is 7.59. The van der Waals surface area contributed by atoms with Gasteiger partial charge in [0.1, 0.15) is 0 Å². The van der Waals surface area contributed by atoms with Gasteiger partial charge in [-0.3, -0.25) is 4.79 Å². The van der Waals surface area contributed by atoms with Gasteiger partial charge in [-0.25, -0.2) is 0 Å². The molecule has 8 atom stereocenters. The lowest BCUT2D eigenvalue weighted by Gasteiger charge is -2.42. The molecule has 0 unspecified atom stereocenters. The number of carbonyl (C=O) groups is 1. The first kappa shape index (κ1) is 38.2. The molecule has 6 N–H and O–H groups in total. The number of hydrogen-bond acceptors (Lipinski definition) is 7. The first-order chi connectivity index (χ1) is 23.9. The number of carboxylic acid groups (broad SMARTS) is 1. The van der Waals surface area contributed by atoms with Crippen molar-refractivity contribution in [1.29, 1.82) is 0 Å². The maximum Gasteiger partial charge on any atom is 0.303 e. The Kier molecular flexibility index (Phi) is 15.2. The Morgan fingerprint density at radius 2 is 1.67 bits per heavy atom. The first-order valence-electron chi connectivity index (χ1n) is 18.5. The summed E-state index contributed by atoms with van der Waals surface area (Å²) in [5.74, 6) is 2.29. The van der Waals surface area contributed by atoms with Gasteiger partial charge in [0.25, 0.3) is 0 Å². The molecule has 2 aromatic rings. The number of aliphatic carboxylic acids is 1. The topological polar surface area (TPSA) is 124 Å². The lowest BCUT2D eigenvalue weighted by molar-refractivity contribution is -0.139. The van der Waals surface area contributed by atoms with Crippen LogP contribution in [-0.4, -0.2) is 50.9 Å². The molecule has 2 aliphatic heterocycles. The van der Waals surface area contributed by atoms with E-state index in [9.17, 15) is 25.2 Å². The molecule has 0 spiro atoms. The van der Waals surface area contributed by atoms with Crippen LogP contribution in [0.2, 0.25) is 0 Å². The van der Waals surface area contributed by atoms with Crippen LogP contribution >= 0.6 is 21.6 Å². The zero-order valence-corrected chi connectivity index (χ0v) is 30.5. The number of rotatable bonds is 12. The highest BCUT2D eigenvalue weighted by Gasteiger charge is 2.39. The van der Waals surface area contributed by atoms with Crippen molar-refractivity contribution in [1.82, 2.24) is 0 Å². The smallest absolute Gasteiger partial charge is 0.303 e. The highest BCUT2D eigenvalue weighted by molar-refractivity contribution is 8.76. The third-order valence-corrected chi connectivity index (χ3v) is 13.9. The van der Waals surface area contributed by atoms with E-state index in [-0.39, 0.29) is 48.5 Å². The zero-order valence-electron chi connectivity index (χ0n) is 28.8. The fourth-order valence-corrected chi connectivity index (χ4v) is 11.4. The molecule has 1 saturated carbocycles. The van der Waals surface area contributed by atoms with Crippen molar-refractivity contribution in [2.45, 2.75) is 95.2 Å². The summed E-state index contributed by atoms with van der Waals surface area (Å²) in [6.45, 7) is 0.532. The van der Waals surface area contributed by atoms with Crippen LogP contribution in [-0.2, 0) is 30.0 Å². The monoisotopic (exact) mass is 707 g/mol. The van der Waals surface area contributed by atoms with E-state index in [1.54, 1.807) is 0 Å². The van der Waals surface area contributed by atoms with E-state index >= 15 is 0 Å². The van der Waals surface area contributed by atoms with Gasteiger partial charge in [-0.05, 0) is 115 Å². The lowest BCUT2D eigenvalue weighted by Crippen LogP contribution is -2.37. The number of aliphatic hydroxyl groups is 3. The number of hydrogen-bond donors (Lipinski definition) is 5. The van der Waals surface area contributed by atoms with Crippen LogP contribution in [0.15, 0.2) is 72.8 Å². The largest absolute Gasteiger partial charge is 0.481 e. The van der Waals surface area contributed by atoms with Gasteiger partial charge in [0.2, 0.25) is 0 Å². The molecule has 8 heteroatoms. The highest BCUT2D eigenvalue weighted by Crippen LogP contribution is 2.46. The van der Waals surface area contributed by atoms with Gasteiger partial charge in [-0.15, -0.1) is 0 Å². The second-order valence-corrected chi connectivity index (χ2v) is 17.2. The minimum atomic E-state index is -0.883. The average Bonchev–Trinajstić information content (AvgIpc) is 3.11.